The summed E-state index contributed by atoms with van der Waals surface area (Å²) in [7, 11) is 0. The van der Waals surface area contributed by atoms with E-state index in [1.165, 1.54) is 77.0 Å². The molecule has 0 bridgehead atoms. The highest BCUT2D eigenvalue weighted by molar-refractivity contribution is 5.71. The summed E-state index contributed by atoms with van der Waals surface area (Å²) in [5, 5.41) is 0. The zero-order valence-electron chi connectivity index (χ0n) is 42.5. The molecule has 6 heteroatoms. The number of hydrogen-bond donors (Lipinski definition) is 0. The van der Waals surface area contributed by atoms with Crippen LogP contribution in [0, 0.1) is 0 Å². The second kappa shape index (κ2) is 53.2. The summed E-state index contributed by atoms with van der Waals surface area (Å²) >= 11 is 0. The molecule has 0 aliphatic rings. The Hall–Kier alpha value is -3.41. The lowest BCUT2D eigenvalue weighted by Gasteiger charge is -2.18. The molecule has 0 spiro atoms. The molecule has 1 atom stereocenters. The summed E-state index contributed by atoms with van der Waals surface area (Å²) < 4.78 is 16.8. The Morgan fingerprint density at radius 1 is 0.323 bits per heavy atom. The summed E-state index contributed by atoms with van der Waals surface area (Å²) in [6, 6.07) is 0. The van der Waals surface area contributed by atoms with E-state index in [0.29, 0.717) is 19.3 Å². The van der Waals surface area contributed by atoms with Gasteiger partial charge in [-0.3, -0.25) is 14.4 Å². The van der Waals surface area contributed by atoms with E-state index >= 15 is 0 Å². The van der Waals surface area contributed by atoms with E-state index in [2.05, 4.69) is 106 Å². The number of unbranched alkanes of at least 4 members (excludes halogenated alkanes) is 23. The van der Waals surface area contributed by atoms with Crippen molar-refractivity contribution in [1.29, 1.82) is 0 Å². The van der Waals surface area contributed by atoms with Crippen LogP contribution < -0.4 is 0 Å². The lowest BCUT2D eigenvalue weighted by Crippen LogP contribution is -2.30. The zero-order valence-corrected chi connectivity index (χ0v) is 42.5. The van der Waals surface area contributed by atoms with Gasteiger partial charge in [0.25, 0.3) is 0 Å². The minimum atomic E-state index is -0.795. The molecule has 0 N–H and O–H groups in total. The first-order chi connectivity index (χ1) is 32.0. The Kier molecular flexibility index (Phi) is 50.4. The lowest BCUT2D eigenvalue weighted by molar-refractivity contribution is -0.167. The number of carbonyl (C=O) groups is 3. The molecule has 0 rings (SSSR count). The Morgan fingerprint density at radius 2 is 0.600 bits per heavy atom. The van der Waals surface area contributed by atoms with Crippen molar-refractivity contribution in [2.24, 2.45) is 0 Å². The molecule has 0 saturated heterocycles. The van der Waals surface area contributed by atoms with Crippen LogP contribution in [0.2, 0.25) is 0 Å². The summed E-state index contributed by atoms with van der Waals surface area (Å²) in [6.45, 7) is 6.39. The molecule has 372 valence electrons. The van der Waals surface area contributed by atoms with E-state index < -0.39 is 6.10 Å². The fourth-order valence-corrected chi connectivity index (χ4v) is 7.39. The van der Waals surface area contributed by atoms with Gasteiger partial charge in [0, 0.05) is 19.3 Å². The van der Waals surface area contributed by atoms with Gasteiger partial charge in [0.2, 0.25) is 0 Å². The van der Waals surface area contributed by atoms with Crippen molar-refractivity contribution in [3.8, 4) is 0 Å². The van der Waals surface area contributed by atoms with Gasteiger partial charge in [-0.25, -0.2) is 0 Å². The van der Waals surface area contributed by atoms with Gasteiger partial charge in [-0.15, -0.1) is 0 Å². The zero-order chi connectivity index (χ0) is 47.2. The van der Waals surface area contributed by atoms with Crippen LogP contribution in [0.25, 0.3) is 0 Å². The normalized spacial score (nSPS) is 12.7. The van der Waals surface area contributed by atoms with Crippen LogP contribution in [0.4, 0.5) is 0 Å². The van der Waals surface area contributed by atoms with Gasteiger partial charge in [-0.2, -0.15) is 0 Å². The van der Waals surface area contributed by atoms with Crippen LogP contribution in [0.15, 0.2) is 85.1 Å². The maximum absolute atomic E-state index is 12.8. The van der Waals surface area contributed by atoms with E-state index in [4.69, 9.17) is 14.2 Å². The Balaban J connectivity index is 4.45. The van der Waals surface area contributed by atoms with Crippen molar-refractivity contribution < 1.29 is 28.6 Å². The van der Waals surface area contributed by atoms with Gasteiger partial charge >= 0.3 is 17.9 Å². The molecule has 0 aromatic heterocycles. The minimum Gasteiger partial charge on any atom is -0.462 e. The number of rotatable bonds is 48. The van der Waals surface area contributed by atoms with Crippen LogP contribution >= 0.6 is 0 Å². The van der Waals surface area contributed by atoms with Crippen LogP contribution in [0.3, 0.4) is 0 Å². The van der Waals surface area contributed by atoms with Gasteiger partial charge in [-0.1, -0.05) is 228 Å². The van der Waals surface area contributed by atoms with Crippen LogP contribution in [-0.4, -0.2) is 37.2 Å². The molecule has 6 nitrogen and oxygen atoms in total. The first-order valence-electron chi connectivity index (χ1n) is 27.1. The number of ether oxygens (including phenoxy) is 3. The van der Waals surface area contributed by atoms with Crippen molar-refractivity contribution in [3.63, 3.8) is 0 Å². The quantitative estimate of drug-likeness (QED) is 0.0262. The third-order valence-electron chi connectivity index (χ3n) is 11.4. The van der Waals surface area contributed by atoms with Gasteiger partial charge < -0.3 is 14.2 Å². The molecule has 0 heterocycles. The van der Waals surface area contributed by atoms with Crippen LogP contribution in [0.1, 0.15) is 252 Å². The van der Waals surface area contributed by atoms with E-state index in [1.54, 1.807) is 0 Å². The average molecular weight is 905 g/mol. The highest BCUT2D eigenvalue weighted by atomic mass is 16.6. The standard InChI is InChI=1S/C59H100O6/c1-4-7-10-13-16-19-22-25-28-29-32-35-38-41-44-47-50-53-59(62)65-56(54-63-57(60)51-48-45-42-39-36-33-30-26-23-20-17-14-11-8-5-2)55-64-58(61)52-49-46-43-40-37-34-31-27-24-21-18-15-12-9-6-3/h7-8,10-11,16-17,19-20,25-26,28,30,32,35,56H,4-6,9,12-15,18,21-24,27,29,31,33-34,36-55H2,1-3H3/b10-7-,11-8-,19-16-,20-17-,28-25-,30-26-,35-32-/t56-/m1/s1. The van der Waals surface area contributed by atoms with E-state index in [0.717, 1.165) is 135 Å². The SMILES string of the molecule is CC/C=C\C/C=C\C/C=C\C/C=C\CCCCCCC(=O)O[C@H](COC(=O)CCCCCCC/C=C\C/C=C\C/C=C\CC)COC(=O)CCCCCCCCCCCCCCCCC. The molecule has 0 aromatic rings. The van der Waals surface area contributed by atoms with Crippen molar-refractivity contribution in [2.75, 3.05) is 13.2 Å². The molecule has 65 heavy (non-hydrogen) atoms. The van der Waals surface area contributed by atoms with Crippen LogP contribution in [-0.2, 0) is 28.6 Å². The summed E-state index contributed by atoms with van der Waals surface area (Å²) in [5.74, 6) is -0.928. The smallest absolute Gasteiger partial charge is 0.306 e. The van der Waals surface area contributed by atoms with Crippen molar-refractivity contribution in [3.05, 3.63) is 85.1 Å². The molecular formula is C59H100O6. The molecule has 0 radical (unpaired) electrons. The summed E-state index contributed by atoms with van der Waals surface area (Å²) in [5.41, 5.74) is 0. The first kappa shape index (κ1) is 61.6. The molecule has 0 aliphatic carbocycles. The van der Waals surface area contributed by atoms with E-state index in [1.807, 2.05) is 0 Å². The predicted octanol–water partition coefficient (Wildman–Crippen LogP) is 18.0. The van der Waals surface area contributed by atoms with Gasteiger partial charge in [0.05, 0.1) is 0 Å². The highest BCUT2D eigenvalue weighted by Crippen LogP contribution is 2.15. The van der Waals surface area contributed by atoms with Crippen molar-refractivity contribution >= 4 is 17.9 Å². The second-order valence-electron chi connectivity index (χ2n) is 17.7. The largest absolute Gasteiger partial charge is 0.462 e. The van der Waals surface area contributed by atoms with Gasteiger partial charge in [0.1, 0.15) is 13.2 Å². The number of hydrogen-bond acceptors (Lipinski definition) is 6. The summed E-state index contributed by atoms with van der Waals surface area (Å²) in [4.78, 5) is 38.1. The Morgan fingerprint density at radius 3 is 0.938 bits per heavy atom. The maximum Gasteiger partial charge on any atom is 0.306 e. The number of esters is 3. The van der Waals surface area contributed by atoms with E-state index in [9.17, 15) is 14.4 Å². The minimum absolute atomic E-state index is 0.0908. The third-order valence-corrected chi connectivity index (χ3v) is 11.4. The first-order valence-corrected chi connectivity index (χ1v) is 27.1. The monoisotopic (exact) mass is 905 g/mol. The molecule has 0 unspecified atom stereocenters. The maximum atomic E-state index is 12.8. The second-order valence-corrected chi connectivity index (χ2v) is 17.7. The molecule has 0 aliphatic heterocycles. The molecule has 0 aromatic carbocycles. The fourth-order valence-electron chi connectivity index (χ4n) is 7.39. The number of carbonyl (C=O) groups excluding carboxylic acids is 3. The molecular weight excluding hydrogens is 805 g/mol. The fraction of sp³-hybridized carbons (Fsp3) is 0.712. The lowest BCUT2D eigenvalue weighted by atomic mass is 10.0. The highest BCUT2D eigenvalue weighted by Gasteiger charge is 2.19. The molecule has 0 saturated carbocycles. The van der Waals surface area contributed by atoms with E-state index in [-0.39, 0.29) is 31.1 Å². The third kappa shape index (κ3) is 51.4. The number of allylic oxidation sites excluding steroid dienone is 14. The average Bonchev–Trinajstić information content (AvgIpc) is 3.30. The summed E-state index contributed by atoms with van der Waals surface area (Å²) in [6.07, 6.45) is 68.5. The molecule has 0 fully saturated rings. The van der Waals surface area contributed by atoms with Gasteiger partial charge in [0.15, 0.2) is 6.10 Å². The van der Waals surface area contributed by atoms with Crippen molar-refractivity contribution in [1.82, 2.24) is 0 Å². The van der Waals surface area contributed by atoms with Crippen molar-refractivity contribution in [2.45, 2.75) is 258 Å². The predicted molar refractivity (Wildman–Crippen MR) is 279 cm³/mol. The Labute approximate surface area is 401 Å². The van der Waals surface area contributed by atoms with Gasteiger partial charge in [-0.05, 0) is 89.9 Å². The Bertz CT molecular complexity index is 1270. The topological polar surface area (TPSA) is 78.9 Å². The van der Waals surface area contributed by atoms with Crippen LogP contribution in [0.5, 0.6) is 0 Å². The molecule has 0 amide bonds.